The maximum Gasteiger partial charge on any atom is 0.125 e. The van der Waals surface area contributed by atoms with Crippen LogP contribution < -0.4 is 5.32 Å². The number of thiazole rings is 1. The van der Waals surface area contributed by atoms with Crippen molar-refractivity contribution in [1.82, 2.24) is 15.3 Å². The highest BCUT2D eigenvalue weighted by atomic mass is 32.1. The Kier molecular flexibility index (Phi) is 5.01. The van der Waals surface area contributed by atoms with Crippen LogP contribution in [0.3, 0.4) is 0 Å². The van der Waals surface area contributed by atoms with Crippen molar-refractivity contribution in [3.63, 3.8) is 0 Å². The van der Waals surface area contributed by atoms with E-state index in [-0.39, 0.29) is 12.6 Å². The van der Waals surface area contributed by atoms with Gasteiger partial charge in [-0.25, -0.2) is 4.98 Å². The molecule has 0 aliphatic rings. The number of pyridine rings is 1. The van der Waals surface area contributed by atoms with Crippen LogP contribution in [0.15, 0.2) is 24.5 Å². The molecule has 0 amide bonds. The average molecular weight is 277 g/mol. The van der Waals surface area contributed by atoms with Gasteiger partial charge in [0.15, 0.2) is 0 Å². The molecule has 0 unspecified atom stereocenters. The minimum atomic E-state index is 0.225. The summed E-state index contributed by atoms with van der Waals surface area (Å²) in [6.07, 6.45) is 4.38. The Morgan fingerprint density at radius 2 is 2.32 bits per heavy atom. The van der Waals surface area contributed by atoms with E-state index in [0.29, 0.717) is 0 Å². The van der Waals surface area contributed by atoms with Gasteiger partial charge in [-0.2, -0.15) is 0 Å². The van der Waals surface area contributed by atoms with E-state index in [1.165, 1.54) is 4.88 Å². The zero-order chi connectivity index (χ0) is 13.7. The van der Waals surface area contributed by atoms with Crippen LogP contribution in [0, 0.1) is 6.92 Å². The molecule has 102 valence electrons. The minimum absolute atomic E-state index is 0.225. The number of aryl methyl sites for hydroxylation is 1. The van der Waals surface area contributed by atoms with E-state index < -0.39 is 0 Å². The van der Waals surface area contributed by atoms with Crippen molar-refractivity contribution in [3.05, 3.63) is 35.1 Å². The molecule has 2 rings (SSSR count). The summed E-state index contributed by atoms with van der Waals surface area (Å²) in [6, 6.07) is 4.21. The summed E-state index contributed by atoms with van der Waals surface area (Å²) < 4.78 is 0. The molecule has 2 heterocycles. The fraction of sp³-hybridized carbons (Fsp3) is 0.429. The molecule has 0 spiro atoms. The Morgan fingerprint density at radius 1 is 1.47 bits per heavy atom. The second-order valence-corrected chi connectivity index (χ2v) is 5.49. The Labute approximate surface area is 117 Å². The third-order valence-corrected chi connectivity index (χ3v) is 4.31. The lowest BCUT2D eigenvalue weighted by Gasteiger charge is -2.11. The van der Waals surface area contributed by atoms with E-state index in [1.807, 2.05) is 25.3 Å². The molecule has 0 bridgehead atoms. The molecule has 0 aliphatic heterocycles. The molecule has 5 heteroatoms. The molecule has 0 saturated heterocycles. The van der Waals surface area contributed by atoms with Gasteiger partial charge in [-0.05, 0) is 38.9 Å². The molecule has 2 N–H and O–H groups in total. The second-order valence-electron chi connectivity index (χ2n) is 4.46. The minimum Gasteiger partial charge on any atom is -0.396 e. The van der Waals surface area contributed by atoms with Gasteiger partial charge >= 0.3 is 0 Å². The Bertz CT molecular complexity index is 513. The van der Waals surface area contributed by atoms with E-state index in [4.69, 9.17) is 5.11 Å². The maximum absolute atomic E-state index is 8.80. The van der Waals surface area contributed by atoms with Crippen LogP contribution in [0.25, 0.3) is 10.6 Å². The van der Waals surface area contributed by atoms with Gasteiger partial charge in [0.2, 0.25) is 0 Å². The molecule has 2 aromatic rings. The third kappa shape index (κ3) is 3.59. The number of hydrogen-bond acceptors (Lipinski definition) is 5. The van der Waals surface area contributed by atoms with Gasteiger partial charge in [0.05, 0.1) is 5.69 Å². The van der Waals surface area contributed by atoms with Crippen molar-refractivity contribution in [2.24, 2.45) is 0 Å². The molecule has 0 fully saturated rings. The number of hydrogen-bond donors (Lipinski definition) is 2. The summed E-state index contributed by atoms with van der Waals surface area (Å²) in [5.74, 6) is 0. The number of rotatable bonds is 6. The molecule has 0 aromatic carbocycles. The first-order chi connectivity index (χ1) is 9.22. The molecule has 0 saturated carbocycles. The normalized spacial score (nSPS) is 12.6. The van der Waals surface area contributed by atoms with Crippen LogP contribution in [0.1, 0.15) is 30.0 Å². The predicted molar refractivity (Wildman–Crippen MR) is 78.2 cm³/mol. The summed E-state index contributed by atoms with van der Waals surface area (Å²) in [5, 5.41) is 13.2. The monoisotopic (exact) mass is 277 g/mol. The Morgan fingerprint density at radius 3 is 3.00 bits per heavy atom. The Hall–Kier alpha value is -1.30. The molecule has 2 aromatic heterocycles. The summed E-state index contributed by atoms with van der Waals surface area (Å²) >= 11 is 1.70. The number of nitrogens with zero attached hydrogens (tertiary/aromatic N) is 2. The Balaban J connectivity index is 2.13. The predicted octanol–water partition coefficient (Wildman–Crippen LogP) is 2.55. The van der Waals surface area contributed by atoms with Crippen LogP contribution in [-0.4, -0.2) is 28.2 Å². The molecule has 1 atom stereocenters. The summed E-state index contributed by atoms with van der Waals surface area (Å²) in [7, 11) is 0. The van der Waals surface area contributed by atoms with E-state index >= 15 is 0 Å². The van der Waals surface area contributed by atoms with E-state index in [1.54, 1.807) is 17.5 Å². The summed E-state index contributed by atoms with van der Waals surface area (Å²) in [4.78, 5) is 10.00. The van der Waals surface area contributed by atoms with Gasteiger partial charge < -0.3 is 10.4 Å². The van der Waals surface area contributed by atoms with Crippen molar-refractivity contribution in [1.29, 1.82) is 0 Å². The highest BCUT2D eigenvalue weighted by Crippen LogP contribution is 2.31. The number of aromatic nitrogens is 2. The SMILES string of the molecule is Cc1nc(-c2cccnc2)sc1[C@@H](C)NCCCO. The third-order valence-electron chi connectivity index (χ3n) is 2.92. The molecular formula is C14H19N3OS. The lowest BCUT2D eigenvalue weighted by Crippen LogP contribution is -2.20. The van der Waals surface area contributed by atoms with Crippen LogP contribution in [0.5, 0.6) is 0 Å². The largest absolute Gasteiger partial charge is 0.396 e. The van der Waals surface area contributed by atoms with Crippen LogP contribution in [0.2, 0.25) is 0 Å². The van der Waals surface area contributed by atoms with Crippen molar-refractivity contribution < 1.29 is 5.11 Å². The summed E-state index contributed by atoms with van der Waals surface area (Å²) in [5.41, 5.74) is 2.12. The van der Waals surface area contributed by atoms with Crippen molar-refractivity contribution in [2.75, 3.05) is 13.2 Å². The number of aliphatic hydroxyl groups excluding tert-OH is 1. The standard InChI is InChI=1S/C14H19N3OS/c1-10(16-7-4-8-18)13-11(2)17-14(19-13)12-5-3-6-15-9-12/h3,5-6,9-10,16,18H,4,7-8H2,1-2H3/t10-/m1/s1. The zero-order valence-corrected chi connectivity index (χ0v) is 12.1. The van der Waals surface area contributed by atoms with Crippen LogP contribution in [-0.2, 0) is 0 Å². The van der Waals surface area contributed by atoms with Crippen molar-refractivity contribution in [2.45, 2.75) is 26.3 Å². The van der Waals surface area contributed by atoms with E-state index in [2.05, 4.69) is 22.2 Å². The van der Waals surface area contributed by atoms with Crippen molar-refractivity contribution >= 4 is 11.3 Å². The highest BCUT2D eigenvalue weighted by Gasteiger charge is 2.14. The zero-order valence-electron chi connectivity index (χ0n) is 11.3. The fourth-order valence-corrected chi connectivity index (χ4v) is 3.00. The molecule has 4 nitrogen and oxygen atoms in total. The van der Waals surface area contributed by atoms with Gasteiger partial charge in [0.25, 0.3) is 0 Å². The van der Waals surface area contributed by atoms with Crippen molar-refractivity contribution in [3.8, 4) is 10.6 Å². The molecule has 0 aliphatic carbocycles. The van der Waals surface area contributed by atoms with Gasteiger partial charge in [-0.3, -0.25) is 4.98 Å². The number of aliphatic hydroxyl groups is 1. The van der Waals surface area contributed by atoms with E-state index in [9.17, 15) is 0 Å². The topological polar surface area (TPSA) is 58.0 Å². The molecule has 19 heavy (non-hydrogen) atoms. The first-order valence-corrected chi connectivity index (χ1v) is 7.26. The number of nitrogens with one attached hydrogen (secondary N) is 1. The second kappa shape index (κ2) is 6.75. The van der Waals surface area contributed by atoms with Crippen LogP contribution in [0.4, 0.5) is 0 Å². The molecular weight excluding hydrogens is 258 g/mol. The summed E-state index contributed by atoms with van der Waals surface area (Å²) in [6.45, 7) is 5.21. The smallest absolute Gasteiger partial charge is 0.125 e. The maximum atomic E-state index is 8.80. The first-order valence-electron chi connectivity index (χ1n) is 6.44. The first kappa shape index (κ1) is 14.1. The van der Waals surface area contributed by atoms with Crippen LogP contribution >= 0.6 is 11.3 Å². The van der Waals surface area contributed by atoms with E-state index in [0.717, 1.165) is 29.2 Å². The highest BCUT2D eigenvalue weighted by molar-refractivity contribution is 7.15. The van der Waals surface area contributed by atoms with Gasteiger partial charge in [0, 0.05) is 35.5 Å². The molecule has 0 radical (unpaired) electrons. The fourth-order valence-electron chi connectivity index (χ4n) is 1.91. The van der Waals surface area contributed by atoms with Gasteiger partial charge in [-0.15, -0.1) is 11.3 Å². The van der Waals surface area contributed by atoms with Gasteiger partial charge in [-0.1, -0.05) is 0 Å². The lowest BCUT2D eigenvalue weighted by molar-refractivity contribution is 0.284. The average Bonchev–Trinajstić information content (AvgIpc) is 2.82. The quantitative estimate of drug-likeness (QED) is 0.797. The van der Waals surface area contributed by atoms with Gasteiger partial charge in [0.1, 0.15) is 5.01 Å². The lowest BCUT2D eigenvalue weighted by atomic mass is 10.2.